The van der Waals surface area contributed by atoms with Crippen molar-refractivity contribution in [2.24, 2.45) is 11.8 Å². The van der Waals surface area contributed by atoms with Gasteiger partial charge in [-0.2, -0.15) is 13.2 Å². The number of piperidine rings is 1. The van der Waals surface area contributed by atoms with Crippen molar-refractivity contribution in [1.29, 1.82) is 0 Å². The monoisotopic (exact) mass is 348 g/mol. The summed E-state index contributed by atoms with van der Waals surface area (Å²) in [6.45, 7) is 1.98. The summed E-state index contributed by atoms with van der Waals surface area (Å²) in [5.74, 6) is -1.56. The second-order valence-corrected chi connectivity index (χ2v) is 6.30. The quantitative estimate of drug-likeness (QED) is 0.840. The van der Waals surface area contributed by atoms with Crippen LogP contribution in [0.3, 0.4) is 0 Å². The minimum Gasteiger partial charge on any atom is -0.449 e. The largest absolute Gasteiger partial charge is 0.449 e. The zero-order valence-corrected chi connectivity index (χ0v) is 13.1. The van der Waals surface area contributed by atoms with Gasteiger partial charge in [-0.15, -0.1) is 5.10 Å². The number of carbonyl (C=O) groups is 1. The van der Waals surface area contributed by atoms with Gasteiger partial charge in [0.2, 0.25) is 11.8 Å². The predicted molar refractivity (Wildman–Crippen MR) is 75.0 cm³/mol. The zero-order valence-electron chi connectivity index (χ0n) is 13.1. The molecule has 1 saturated carbocycles. The Bertz CT molecular complexity index is 584. The normalized spacial score (nSPS) is 30.0. The Hall–Kier alpha value is -1.84. The molecular weight excluding hydrogens is 329 g/mol. The number of nitrogens with zero attached hydrogens (tertiary/aromatic N) is 2. The van der Waals surface area contributed by atoms with E-state index in [1.54, 1.807) is 0 Å². The standard InChI is InChI=1S/C14H19F3N4O3/c1-7(22)19-9-2-3-11(18-5-9)12-20-21-13(24-12)23-6-8-4-10(8)14(15,16)17/h8-11,18H,2-6H2,1H3,(H,19,22)/t8?,9-,10?,11+/m0/s1. The highest BCUT2D eigenvalue weighted by atomic mass is 19.4. The maximum absolute atomic E-state index is 12.4. The Balaban J connectivity index is 1.44. The fraction of sp³-hybridized carbons (Fsp3) is 0.786. The summed E-state index contributed by atoms with van der Waals surface area (Å²) in [5, 5.41) is 13.6. The van der Waals surface area contributed by atoms with Crippen LogP contribution in [0.5, 0.6) is 6.08 Å². The Morgan fingerprint density at radius 3 is 2.79 bits per heavy atom. The summed E-state index contributed by atoms with van der Waals surface area (Å²) in [4.78, 5) is 11.0. The van der Waals surface area contributed by atoms with Crippen molar-refractivity contribution in [3.8, 4) is 6.08 Å². The SMILES string of the molecule is CC(=O)N[C@H]1CC[C@H](c2nnc(OCC3CC3C(F)(F)F)o2)NC1. The van der Waals surface area contributed by atoms with Gasteiger partial charge in [0, 0.05) is 25.4 Å². The Morgan fingerprint density at radius 1 is 1.42 bits per heavy atom. The summed E-state index contributed by atoms with van der Waals surface area (Å²) in [6.07, 6.45) is -2.72. The van der Waals surface area contributed by atoms with Crippen molar-refractivity contribution in [3.63, 3.8) is 0 Å². The van der Waals surface area contributed by atoms with E-state index >= 15 is 0 Å². The van der Waals surface area contributed by atoms with Gasteiger partial charge in [0.1, 0.15) is 0 Å². The van der Waals surface area contributed by atoms with E-state index in [0.717, 1.165) is 6.42 Å². The lowest BCUT2D eigenvalue weighted by atomic mass is 10.0. The lowest BCUT2D eigenvalue weighted by Gasteiger charge is -2.28. The van der Waals surface area contributed by atoms with E-state index in [4.69, 9.17) is 9.15 Å². The molecule has 10 heteroatoms. The van der Waals surface area contributed by atoms with Gasteiger partial charge in [0.05, 0.1) is 18.6 Å². The third-order valence-electron chi connectivity index (χ3n) is 4.31. The first-order valence-corrected chi connectivity index (χ1v) is 7.86. The molecule has 1 aliphatic carbocycles. The highest BCUT2D eigenvalue weighted by molar-refractivity contribution is 5.73. The Labute approximate surface area is 136 Å². The molecule has 1 aromatic heterocycles. The van der Waals surface area contributed by atoms with Crippen LogP contribution < -0.4 is 15.4 Å². The van der Waals surface area contributed by atoms with Crippen LogP contribution in [0.4, 0.5) is 13.2 Å². The summed E-state index contributed by atoms with van der Waals surface area (Å²) in [5.41, 5.74) is 0. The van der Waals surface area contributed by atoms with Crippen LogP contribution in [-0.2, 0) is 4.79 Å². The fourth-order valence-electron chi connectivity index (χ4n) is 2.91. The highest BCUT2D eigenvalue weighted by Crippen LogP contribution is 2.50. The first kappa shape index (κ1) is 17.0. The maximum Gasteiger partial charge on any atom is 0.414 e. The van der Waals surface area contributed by atoms with E-state index < -0.39 is 18.0 Å². The second kappa shape index (κ2) is 6.58. The van der Waals surface area contributed by atoms with Gasteiger partial charge in [0.25, 0.3) is 0 Å². The molecule has 2 N–H and O–H groups in total. The molecule has 3 rings (SSSR count). The molecule has 1 saturated heterocycles. The molecule has 7 nitrogen and oxygen atoms in total. The molecule has 2 fully saturated rings. The van der Waals surface area contributed by atoms with E-state index in [9.17, 15) is 18.0 Å². The average molecular weight is 348 g/mol. The molecule has 24 heavy (non-hydrogen) atoms. The number of ether oxygens (including phenoxy) is 1. The average Bonchev–Trinajstić information content (AvgIpc) is 3.15. The van der Waals surface area contributed by atoms with Gasteiger partial charge in [-0.25, -0.2) is 0 Å². The summed E-state index contributed by atoms with van der Waals surface area (Å²) in [6, 6.07) is -0.0877. The fourth-order valence-corrected chi connectivity index (χ4v) is 2.91. The summed E-state index contributed by atoms with van der Waals surface area (Å²) < 4.78 is 47.8. The lowest BCUT2D eigenvalue weighted by Crippen LogP contribution is -2.46. The Morgan fingerprint density at radius 2 is 2.21 bits per heavy atom. The predicted octanol–water partition coefficient (Wildman–Crippen LogP) is 1.58. The van der Waals surface area contributed by atoms with Crippen LogP contribution in [0.15, 0.2) is 4.42 Å². The van der Waals surface area contributed by atoms with Gasteiger partial charge in [0.15, 0.2) is 0 Å². The number of rotatable bonds is 5. The molecule has 0 radical (unpaired) electrons. The third-order valence-corrected chi connectivity index (χ3v) is 4.31. The van der Waals surface area contributed by atoms with E-state index in [2.05, 4.69) is 20.8 Å². The smallest absolute Gasteiger partial charge is 0.414 e. The van der Waals surface area contributed by atoms with E-state index in [1.165, 1.54) is 6.92 Å². The van der Waals surface area contributed by atoms with E-state index in [1.807, 2.05) is 0 Å². The molecule has 0 aromatic carbocycles. The number of alkyl halides is 3. The molecule has 1 aromatic rings. The van der Waals surface area contributed by atoms with E-state index in [-0.39, 0.29) is 37.1 Å². The van der Waals surface area contributed by atoms with Crippen LogP contribution in [0, 0.1) is 11.8 Å². The lowest BCUT2D eigenvalue weighted by molar-refractivity contribution is -0.151. The summed E-state index contributed by atoms with van der Waals surface area (Å²) >= 11 is 0. The molecule has 1 aliphatic heterocycles. The minimum absolute atomic E-state index is 0.0616. The van der Waals surface area contributed by atoms with Crippen LogP contribution >= 0.6 is 0 Å². The number of halogens is 3. The third kappa shape index (κ3) is 4.16. The number of amides is 1. The molecule has 4 atom stereocenters. The van der Waals surface area contributed by atoms with Crippen molar-refractivity contribution >= 4 is 5.91 Å². The van der Waals surface area contributed by atoms with Gasteiger partial charge in [-0.05, 0) is 19.3 Å². The topological polar surface area (TPSA) is 89.3 Å². The molecule has 134 valence electrons. The molecular formula is C14H19F3N4O3. The van der Waals surface area contributed by atoms with Crippen LogP contribution in [0.1, 0.15) is 38.1 Å². The first-order valence-electron chi connectivity index (χ1n) is 7.86. The molecule has 1 amide bonds. The van der Waals surface area contributed by atoms with Gasteiger partial charge in [-0.3, -0.25) is 4.79 Å². The van der Waals surface area contributed by atoms with Crippen LogP contribution in [-0.4, -0.2) is 41.5 Å². The van der Waals surface area contributed by atoms with Gasteiger partial charge < -0.3 is 19.8 Å². The van der Waals surface area contributed by atoms with Gasteiger partial charge in [-0.1, -0.05) is 5.10 Å². The maximum atomic E-state index is 12.4. The highest BCUT2D eigenvalue weighted by Gasteiger charge is 2.56. The second-order valence-electron chi connectivity index (χ2n) is 6.30. The number of aromatic nitrogens is 2. The molecule has 0 spiro atoms. The molecule has 2 aliphatic rings. The van der Waals surface area contributed by atoms with Crippen molar-refractivity contribution in [1.82, 2.24) is 20.8 Å². The Kier molecular flexibility index (Phi) is 4.66. The first-order chi connectivity index (χ1) is 11.3. The van der Waals surface area contributed by atoms with Crippen molar-refractivity contribution < 1.29 is 27.1 Å². The van der Waals surface area contributed by atoms with Crippen molar-refractivity contribution in [3.05, 3.63) is 5.89 Å². The minimum atomic E-state index is -4.16. The zero-order chi connectivity index (χ0) is 17.3. The molecule has 0 bridgehead atoms. The van der Waals surface area contributed by atoms with Crippen molar-refractivity contribution in [2.45, 2.75) is 44.4 Å². The number of hydrogen-bond donors (Lipinski definition) is 2. The number of carbonyl (C=O) groups excluding carboxylic acids is 1. The van der Waals surface area contributed by atoms with Crippen LogP contribution in [0.2, 0.25) is 0 Å². The van der Waals surface area contributed by atoms with Crippen LogP contribution in [0.25, 0.3) is 0 Å². The van der Waals surface area contributed by atoms with E-state index in [0.29, 0.717) is 18.9 Å². The molecule has 2 heterocycles. The molecule has 2 unspecified atom stereocenters. The summed E-state index contributed by atoms with van der Waals surface area (Å²) in [7, 11) is 0. The number of nitrogens with one attached hydrogen (secondary N) is 2. The van der Waals surface area contributed by atoms with Gasteiger partial charge >= 0.3 is 12.3 Å². The number of hydrogen-bond acceptors (Lipinski definition) is 6. The van der Waals surface area contributed by atoms with Crippen molar-refractivity contribution in [2.75, 3.05) is 13.2 Å².